The summed E-state index contributed by atoms with van der Waals surface area (Å²) in [6.07, 6.45) is -0.0295. The summed E-state index contributed by atoms with van der Waals surface area (Å²) >= 11 is 0. The molecule has 0 bridgehead atoms. The molecule has 1 fully saturated rings. The maximum absolute atomic E-state index is 11.8. The monoisotopic (exact) mass is 235 g/mol. The van der Waals surface area contributed by atoms with Gasteiger partial charge in [0.2, 0.25) is 0 Å². The second-order valence-corrected chi connectivity index (χ2v) is 4.14. The molecule has 4 heteroatoms. The third-order valence-corrected chi connectivity index (χ3v) is 2.69. The number of amides is 1. The van der Waals surface area contributed by atoms with Crippen LogP contribution >= 0.6 is 0 Å². The van der Waals surface area contributed by atoms with E-state index in [9.17, 15) is 4.79 Å². The van der Waals surface area contributed by atoms with Gasteiger partial charge in [-0.25, -0.2) is 0 Å². The number of ether oxygens (including phenoxy) is 2. The molecule has 0 spiro atoms. The van der Waals surface area contributed by atoms with E-state index >= 15 is 0 Å². The maximum Gasteiger partial charge on any atom is 0.251 e. The molecule has 1 unspecified atom stereocenters. The summed E-state index contributed by atoms with van der Waals surface area (Å²) in [6, 6.07) is 7.50. The summed E-state index contributed by atoms with van der Waals surface area (Å²) < 4.78 is 10.7. The number of aryl methyl sites for hydroxylation is 1. The molecule has 1 N–H and O–H groups in total. The van der Waals surface area contributed by atoms with Gasteiger partial charge in [-0.05, 0) is 19.1 Å². The SMILES string of the molecule is Cc1ccc(C(=O)NCC2COCCO2)cc1. The first-order chi connectivity index (χ1) is 8.25. The quantitative estimate of drug-likeness (QED) is 0.854. The van der Waals surface area contributed by atoms with E-state index in [1.807, 2.05) is 31.2 Å². The Morgan fingerprint density at radius 3 is 2.76 bits per heavy atom. The van der Waals surface area contributed by atoms with E-state index in [1.54, 1.807) is 0 Å². The fraction of sp³-hybridized carbons (Fsp3) is 0.462. The number of carbonyl (C=O) groups is 1. The van der Waals surface area contributed by atoms with Gasteiger partial charge in [-0.3, -0.25) is 4.79 Å². The van der Waals surface area contributed by atoms with Crippen LogP contribution in [0, 0.1) is 6.92 Å². The van der Waals surface area contributed by atoms with E-state index in [-0.39, 0.29) is 12.0 Å². The van der Waals surface area contributed by atoms with Crippen LogP contribution in [0.4, 0.5) is 0 Å². The second kappa shape index (κ2) is 5.80. The highest BCUT2D eigenvalue weighted by Crippen LogP contribution is 2.04. The van der Waals surface area contributed by atoms with Crippen molar-refractivity contribution in [3.63, 3.8) is 0 Å². The van der Waals surface area contributed by atoms with Crippen LogP contribution in [0.5, 0.6) is 0 Å². The first-order valence-corrected chi connectivity index (χ1v) is 5.80. The number of carbonyl (C=O) groups excluding carboxylic acids is 1. The summed E-state index contributed by atoms with van der Waals surface area (Å²) in [5.41, 5.74) is 1.82. The zero-order valence-electron chi connectivity index (χ0n) is 9.94. The molecule has 1 aliphatic heterocycles. The van der Waals surface area contributed by atoms with Crippen LogP contribution < -0.4 is 5.32 Å². The van der Waals surface area contributed by atoms with E-state index in [4.69, 9.17) is 9.47 Å². The first kappa shape index (κ1) is 12.1. The fourth-order valence-corrected chi connectivity index (χ4v) is 1.67. The predicted molar refractivity (Wildman–Crippen MR) is 64.1 cm³/mol. The molecule has 0 saturated carbocycles. The first-order valence-electron chi connectivity index (χ1n) is 5.80. The highest BCUT2D eigenvalue weighted by Gasteiger charge is 2.15. The van der Waals surface area contributed by atoms with E-state index < -0.39 is 0 Å². The van der Waals surface area contributed by atoms with Crippen molar-refractivity contribution >= 4 is 5.91 Å². The van der Waals surface area contributed by atoms with Gasteiger partial charge in [-0.15, -0.1) is 0 Å². The van der Waals surface area contributed by atoms with E-state index in [2.05, 4.69) is 5.32 Å². The molecule has 1 saturated heterocycles. The maximum atomic E-state index is 11.8. The van der Waals surface area contributed by atoms with Gasteiger partial charge in [0.1, 0.15) is 0 Å². The molecule has 1 heterocycles. The molecule has 1 aliphatic rings. The molecule has 1 amide bonds. The van der Waals surface area contributed by atoms with Crippen LogP contribution in [-0.2, 0) is 9.47 Å². The lowest BCUT2D eigenvalue weighted by molar-refractivity contribution is -0.0855. The Hall–Kier alpha value is -1.39. The number of nitrogens with one attached hydrogen (secondary N) is 1. The van der Waals surface area contributed by atoms with Crippen molar-refractivity contribution in [3.8, 4) is 0 Å². The van der Waals surface area contributed by atoms with Crippen molar-refractivity contribution in [1.82, 2.24) is 5.32 Å². The summed E-state index contributed by atoms with van der Waals surface area (Å²) in [7, 11) is 0. The molecule has 0 radical (unpaired) electrons. The van der Waals surface area contributed by atoms with E-state index in [0.29, 0.717) is 31.9 Å². The second-order valence-electron chi connectivity index (χ2n) is 4.14. The summed E-state index contributed by atoms with van der Waals surface area (Å²) in [5, 5.41) is 2.84. The minimum Gasteiger partial charge on any atom is -0.376 e. The summed E-state index contributed by atoms with van der Waals surface area (Å²) in [5.74, 6) is -0.0702. The lowest BCUT2D eigenvalue weighted by Gasteiger charge is -2.23. The van der Waals surface area contributed by atoms with Gasteiger partial charge in [0, 0.05) is 12.1 Å². The van der Waals surface area contributed by atoms with E-state index in [0.717, 1.165) is 5.56 Å². The molecule has 0 aromatic heterocycles. The van der Waals surface area contributed by atoms with Gasteiger partial charge >= 0.3 is 0 Å². The van der Waals surface area contributed by atoms with E-state index in [1.165, 1.54) is 0 Å². The minimum atomic E-state index is -0.0702. The van der Waals surface area contributed by atoms with Gasteiger partial charge in [0.05, 0.1) is 25.9 Å². The standard InChI is InChI=1S/C13H17NO3/c1-10-2-4-11(5-3-10)13(15)14-8-12-9-16-6-7-17-12/h2-5,12H,6-9H2,1H3,(H,14,15). The van der Waals surface area contributed by atoms with Crippen molar-refractivity contribution in [1.29, 1.82) is 0 Å². The van der Waals surface area contributed by atoms with Crippen LogP contribution in [-0.4, -0.2) is 38.4 Å². The van der Waals surface area contributed by atoms with Gasteiger partial charge in [-0.2, -0.15) is 0 Å². The average molecular weight is 235 g/mol. The smallest absolute Gasteiger partial charge is 0.251 e. The van der Waals surface area contributed by atoms with Crippen LogP contribution in [0.2, 0.25) is 0 Å². The van der Waals surface area contributed by atoms with Gasteiger partial charge < -0.3 is 14.8 Å². The fourth-order valence-electron chi connectivity index (χ4n) is 1.67. The number of hydrogen-bond donors (Lipinski definition) is 1. The zero-order valence-corrected chi connectivity index (χ0v) is 9.94. The van der Waals surface area contributed by atoms with Crippen molar-refractivity contribution in [2.24, 2.45) is 0 Å². The van der Waals surface area contributed by atoms with Crippen LogP contribution in [0.3, 0.4) is 0 Å². The number of rotatable bonds is 3. The molecule has 0 aliphatic carbocycles. The third kappa shape index (κ3) is 3.54. The molecular weight excluding hydrogens is 218 g/mol. The molecule has 17 heavy (non-hydrogen) atoms. The Kier molecular flexibility index (Phi) is 4.12. The van der Waals surface area contributed by atoms with Crippen molar-refractivity contribution < 1.29 is 14.3 Å². The largest absolute Gasteiger partial charge is 0.376 e. The molecule has 2 rings (SSSR count). The Morgan fingerprint density at radius 1 is 1.35 bits per heavy atom. The van der Waals surface area contributed by atoms with Crippen molar-refractivity contribution in [2.75, 3.05) is 26.4 Å². The lowest BCUT2D eigenvalue weighted by atomic mass is 10.1. The van der Waals surface area contributed by atoms with Crippen LogP contribution in [0.1, 0.15) is 15.9 Å². The normalized spacial score (nSPS) is 19.9. The molecular formula is C13H17NO3. The van der Waals surface area contributed by atoms with Crippen molar-refractivity contribution in [2.45, 2.75) is 13.0 Å². The highest BCUT2D eigenvalue weighted by molar-refractivity contribution is 5.94. The topological polar surface area (TPSA) is 47.6 Å². The number of benzene rings is 1. The van der Waals surface area contributed by atoms with Crippen LogP contribution in [0.15, 0.2) is 24.3 Å². The zero-order chi connectivity index (χ0) is 12.1. The Morgan fingerprint density at radius 2 is 2.12 bits per heavy atom. The van der Waals surface area contributed by atoms with Gasteiger partial charge in [-0.1, -0.05) is 17.7 Å². The molecule has 1 atom stereocenters. The molecule has 1 aromatic rings. The van der Waals surface area contributed by atoms with Crippen molar-refractivity contribution in [3.05, 3.63) is 35.4 Å². The third-order valence-electron chi connectivity index (χ3n) is 2.69. The Balaban J connectivity index is 1.82. The lowest BCUT2D eigenvalue weighted by Crippen LogP contribution is -2.39. The molecule has 92 valence electrons. The molecule has 4 nitrogen and oxygen atoms in total. The van der Waals surface area contributed by atoms with Gasteiger partial charge in [0.15, 0.2) is 0 Å². The minimum absolute atomic E-state index is 0.0295. The average Bonchev–Trinajstić information content (AvgIpc) is 2.38. The highest BCUT2D eigenvalue weighted by atomic mass is 16.6. The Bertz CT molecular complexity index is 369. The van der Waals surface area contributed by atoms with Gasteiger partial charge in [0.25, 0.3) is 5.91 Å². The predicted octanol–water partition coefficient (Wildman–Crippen LogP) is 1.14. The van der Waals surface area contributed by atoms with Crippen LogP contribution in [0.25, 0.3) is 0 Å². The number of hydrogen-bond acceptors (Lipinski definition) is 3. The Labute approximate surface area is 101 Å². The summed E-state index contributed by atoms with van der Waals surface area (Å²) in [6.45, 7) is 4.28. The summed E-state index contributed by atoms with van der Waals surface area (Å²) in [4.78, 5) is 11.8. The molecule has 1 aromatic carbocycles.